The van der Waals surface area contributed by atoms with Crippen LogP contribution in [0.15, 0.2) is 59.4 Å². The maximum absolute atomic E-state index is 13.6. The van der Waals surface area contributed by atoms with Crippen LogP contribution in [0, 0.1) is 11.3 Å². The molecule has 0 unspecified atom stereocenters. The summed E-state index contributed by atoms with van der Waals surface area (Å²) in [5.74, 6) is -1.20. The first-order valence-corrected chi connectivity index (χ1v) is 12.3. The van der Waals surface area contributed by atoms with Gasteiger partial charge in [0, 0.05) is 23.0 Å². The van der Waals surface area contributed by atoms with Gasteiger partial charge in [-0.2, -0.15) is 13.7 Å². The quantitative estimate of drug-likeness (QED) is 0.224. The Labute approximate surface area is 211 Å². The zero-order chi connectivity index (χ0) is 27.4. The van der Waals surface area contributed by atoms with Crippen molar-refractivity contribution in [3.63, 3.8) is 0 Å². The molecule has 3 aromatic carbocycles. The van der Waals surface area contributed by atoms with Crippen LogP contribution in [-0.2, 0) is 17.0 Å². The topological polar surface area (TPSA) is 114 Å². The lowest BCUT2D eigenvalue weighted by Gasteiger charge is -2.17. The summed E-state index contributed by atoms with van der Waals surface area (Å²) >= 11 is 0. The van der Waals surface area contributed by atoms with Crippen LogP contribution in [0.4, 0.5) is 17.1 Å². The molecule has 0 aliphatic carbocycles. The third-order valence-electron chi connectivity index (χ3n) is 5.92. The summed E-state index contributed by atoms with van der Waals surface area (Å²) in [7, 11) is -5.39. The van der Waals surface area contributed by atoms with E-state index in [2.05, 4.69) is 13.9 Å². The number of hydrogen-bond acceptors (Lipinski definition) is 6. The number of benzene rings is 3. The minimum atomic E-state index is -5.39. The zero-order valence-electron chi connectivity index (χ0n) is 19.3. The first kappa shape index (κ1) is 25.1. The molecule has 1 N–H and O–H groups in total. The molecule has 13 heteroatoms. The molecule has 2 heterocycles. The van der Waals surface area contributed by atoms with Crippen molar-refractivity contribution in [3.05, 3.63) is 70.4 Å². The van der Waals surface area contributed by atoms with Crippen molar-refractivity contribution in [3.8, 4) is 28.7 Å². The van der Waals surface area contributed by atoms with E-state index >= 15 is 0 Å². The highest BCUT2D eigenvalue weighted by Crippen LogP contribution is 2.39. The van der Waals surface area contributed by atoms with Crippen LogP contribution in [0.2, 0.25) is 0 Å². The van der Waals surface area contributed by atoms with Crippen LogP contribution in [-0.4, -0.2) is 24.3 Å². The molecule has 0 amide bonds. The molecule has 2 aromatic heterocycles. The highest BCUT2D eigenvalue weighted by Gasteiger charge is 2.33. The Morgan fingerprint density at radius 3 is 2.50 bits per heavy atom. The highest BCUT2D eigenvalue weighted by molar-refractivity contribution is 7.81. The Kier molecular flexibility index (Phi) is 5.79. The smallest absolute Gasteiger partial charge is 0.405 e. The molecule has 0 bridgehead atoms. The molecule has 0 fully saturated rings. The molecule has 5 aromatic rings. The van der Waals surface area contributed by atoms with E-state index in [-0.39, 0.29) is 27.4 Å². The Morgan fingerprint density at radius 2 is 1.84 bits per heavy atom. The molecule has 0 aliphatic rings. The van der Waals surface area contributed by atoms with Gasteiger partial charge in [-0.3, -0.25) is 4.79 Å². The molecule has 0 spiro atoms. The van der Waals surface area contributed by atoms with Gasteiger partial charge >= 0.3 is 16.9 Å². The Balaban J connectivity index is 1.87. The fourth-order valence-corrected chi connectivity index (χ4v) is 4.84. The second kappa shape index (κ2) is 8.77. The van der Waals surface area contributed by atoms with E-state index in [1.165, 1.54) is 24.3 Å². The van der Waals surface area contributed by atoms with Crippen LogP contribution >= 0.6 is 0 Å². The highest BCUT2D eigenvalue weighted by atomic mass is 32.3. The summed E-state index contributed by atoms with van der Waals surface area (Å²) in [6.07, 6.45) is -5.12. The van der Waals surface area contributed by atoms with Gasteiger partial charge in [0.2, 0.25) is 0 Å². The summed E-state index contributed by atoms with van der Waals surface area (Å²) in [6.45, 7) is 2.07. The fourth-order valence-electron chi connectivity index (χ4n) is 4.51. The van der Waals surface area contributed by atoms with Crippen molar-refractivity contribution in [2.45, 2.75) is 19.8 Å². The average Bonchev–Trinajstić information content (AvgIpc) is 3.21. The molecule has 0 radical (unpaired) electrons. The predicted octanol–water partition coefficient (Wildman–Crippen LogP) is 5.69. The van der Waals surface area contributed by atoms with E-state index < -0.39 is 33.8 Å². The maximum atomic E-state index is 13.6. The van der Waals surface area contributed by atoms with E-state index in [0.29, 0.717) is 28.7 Å². The number of nitriles is 1. The lowest BCUT2D eigenvalue weighted by Crippen LogP contribution is -2.18. The monoisotopic (exact) mass is 545 g/mol. The minimum Gasteiger partial charge on any atom is -0.405 e. The summed E-state index contributed by atoms with van der Waals surface area (Å²) in [4.78, 5) is 16.7. The second-order valence-corrected chi connectivity index (χ2v) is 9.16. The number of nitrogens with one attached hydrogen (secondary N) is 1. The van der Waals surface area contributed by atoms with Gasteiger partial charge in [0.05, 0.1) is 27.9 Å². The molecule has 8 nitrogen and oxygen atoms in total. The van der Waals surface area contributed by atoms with E-state index in [4.69, 9.17) is 0 Å². The van der Waals surface area contributed by atoms with Gasteiger partial charge in [-0.15, -0.1) is 13.2 Å². The summed E-state index contributed by atoms with van der Waals surface area (Å²) in [6, 6.07) is 13.7. The fraction of sp³-hybridized carbons (Fsp3) is 0.120. The first-order chi connectivity index (χ1) is 17.9. The normalized spacial score (nSPS) is 12.2. The van der Waals surface area contributed by atoms with E-state index in [9.17, 15) is 35.5 Å². The Hall–Kier alpha value is -4.57. The number of aromatic amines is 1. The third kappa shape index (κ3) is 4.50. The maximum Gasteiger partial charge on any atom is 0.573 e. The van der Waals surface area contributed by atoms with Crippen LogP contribution in [0.5, 0.6) is 11.5 Å². The average molecular weight is 545 g/mol. The predicted molar refractivity (Wildman–Crippen MR) is 131 cm³/mol. The molecule has 38 heavy (non-hydrogen) atoms. The minimum absolute atomic E-state index is 0.0119. The molecule has 0 aliphatic heterocycles. The Morgan fingerprint density at radius 1 is 1.08 bits per heavy atom. The lowest BCUT2D eigenvalue weighted by molar-refractivity contribution is -0.274. The Bertz CT molecular complexity index is 1970. The van der Waals surface area contributed by atoms with Crippen LogP contribution < -0.4 is 14.3 Å². The summed E-state index contributed by atoms with van der Waals surface area (Å²) in [5, 5.41) is 9.89. The number of rotatable bonds is 5. The van der Waals surface area contributed by atoms with Crippen LogP contribution in [0.1, 0.15) is 12.5 Å². The van der Waals surface area contributed by atoms with Crippen molar-refractivity contribution in [1.82, 2.24) is 9.55 Å². The molecule has 0 atom stereocenters. The van der Waals surface area contributed by atoms with Crippen LogP contribution in [0.25, 0.3) is 44.0 Å². The van der Waals surface area contributed by atoms with E-state index in [0.717, 1.165) is 18.2 Å². The largest absolute Gasteiger partial charge is 0.573 e. The second-order valence-electron chi connectivity index (χ2n) is 8.21. The molecule has 0 saturated carbocycles. The molecular formula is C25H15F4N3O5S. The van der Waals surface area contributed by atoms with Gasteiger partial charge in [0.15, 0.2) is 5.43 Å². The number of nitrogens with zero attached hydrogens (tertiary/aromatic N) is 2. The number of alkyl halides is 3. The number of aromatic nitrogens is 2. The number of aryl methyl sites for hydroxylation is 1. The number of halogens is 4. The summed E-state index contributed by atoms with van der Waals surface area (Å²) in [5.41, 5.74) is 0.799. The van der Waals surface area contributed by atoms with Gasteiger partial charge in [0.1, 0.15) is 17.1 Å². The third-order valence-corrected chi connectivity index (χ3v) is 6.31. The van der Waals surface area contributed by atoms with Crippen molar-refractivity contribution < 1.29 is 34.4 Å². The standard InChI is InChI=1S/C25H15F4N3O5S/c1-2-32-20-10-17(14-4-3-5-15(9-14)37-38(29,34)35)21(36-25(26,27)28)11-18(20)23(33)22-16-7-6-13(12-30)8-19(16)31-24(22)32/h3-11,31H,2H2,1H3. The van der Waals surface area contributed by atoms with Gasteiger partial charge < -0.3 is 18.5 Å². The lowest BCUT2D eigenvalue weighted by atomic mass is 10.0. The van der Waals surface area contributed by atoms with E-state index in [1.54, 1.807) is 23.6 Å². The van der Waals surface area contributed by atoms with Gasteiger partial charge in [-0.25, -0.2) is 0 Å². The molecular weight excluding hydrogens is 530 g/mol. The number of fused-ring (bicyclic) bond motifs is 4. The van der Waals surface area contributed by atoms with Crippen molar-refractivity contribution in [2.24, 2.45) is 0 Å². The number of pyridine rings is 1. The van der Waals surface area contributed by atoms with Gasteiger partial charge in [-0.1, -0.05) is 22.1 Å². The number of H-pyrrole nitrogens is 1. The zero-order valence-corrected chi connectivity index (χ0v) is 20.1. The van der Waals surface area contributed by atoms with Crippen molar-refractivity contribution in [2.75, 3.05) is 0 Å². The molecule has 5 rings (SSSR count). The number of ether oxygens (including phenoxy) is 1. The SMILES string of the molecule is CCn1c2cc(-c3cccc(OS(=O)(=O)F)c3)c(OC(F)(F)F)cc2c(=O)c2c3ccc(C#N)cc3[nH]c21. The van der Waals surface area contributed by atoms with Gasteiger partial charge in [0.25, 0.3) is 0 Å². The first-order valence-electron chi connectivity index (χ1n) is 10.9. The summed E-state index contributed by atoms with van der Waals surface area (Å²) < 4.78 is 85.2. The molecule has 0 saturated heterocycles. The van der Waals surface area contributed by atoms with Crippen molar-refractivity contribution in [1.29, 1.82) is 5.26 Å². The van der Waals surface area contributed by atoms with Crippen molar-refractivity contribution >= 4 is 43.3 Å². The number of hydrogen-bond donors (Lipinski definition) is 1. The van der Waals surface area contributed by atoms with Gasteiger partial charge in [-0.05, 0) is 48.9 Å². The van der Waals surface area contributed by atoms with E-state index in [1.807, 2.05) is 6.07 Å². The van der Waals surface area contributed by atoms with Crippen LogP contribution in [0.3, 0.4) is 0 Å². The molecule has 194 valence electrons.